The Hall–Kier alpha value is -3.58. The van der Waals surface area contributed by atoms with Crippen molar-refractivity contribution in [2.75, 3.05) is 0 Å². The van der Waals surface area contributed by atoms with E-state index in [2.05, 4.69) is 6.07 Å². The van der Waals surface area contributed by atoms with Crippen molar-refractivity contribution in [3.63, 3.8) is 0 Å². The maximum atomic E-state index is 13.8. The highest BCUT2D eigenvalue weighted by molar-refractivity contribution is 6.05. The lowest BCUT2D eigenvalue weighted by Crippen LogP contribution is -2.21. The molecule has 1 atom stereocenters. The summed E-state index contributed by atoms with van der Waals surface area (Å²) >= 11 is 0. The Morgan fingerprint density at radius 1 is 0.818 bits per heavy atom. The number of phenolic OH excluding ortho intramolecular Hbond substituents is 2. The summed E-state index contributed by atoms with van der Waals surface area (Å²) in [5, 5.41) is 30.8. The van der Waals surface area contributed by atoms with Crippen molar-refractivity contribution < 1.29 is 15.0 Å². The number of aromatic hydroxyl groups is 2. The van der Waals surface area contributed by atoms with Gasteiger partial charge >= 0.3 is 0 Å². The molecule has 0 fully saturated rings. The molecule has 0 aromatic heterocycles. The van der Waals surface area contributed by atoms with Crippen LogP contribution in [0, 0.1) is 11.3 Å². The summed E-state index contributed by atoms with van der Waals surface area (Å²) in [6, 6.07) is 19.4. The summed E-state index contributed by atoms with van der Waals surface area (Å²) in [7, 11) is 0. The van der Waals surface area contributed by atoms with Crippen LogP contribution in [0.15, 0.2) is 60.7 Å². The van der Waals surface area contributed by atoms with E-state index < -0.39 is 5.92 Å². The molecule has 4 nitrogen and oxygen atoms in total. The first kappa shape index (κ1) is 24.1. The molecule has 0 spiro atoms. The SMILES string of the molecule is CC(C)(C)c1cc(C(C(=O)c2ccccc2O)c2ccc(C#N)cc2)cc(C(C)(C)C)c1O. The van der Waals surface area contributed by atoms with E-state index in [0.717, 1.165) is 16.7 Å². The van der Waals surface area contributed by atoms with Gasteiger partial charge in [0, 0.05) is 0 Å². The number of para-hydroxylation sites is 1. The number of carbonyl (C=O) groups is 1. The van der Waals surface area contributed by atoms with Gasteiger partial charge in [0.15, 0.2) is 5.78 Å². The summed E-state index contributed by atoms with van der Waals surface area (Å²) in [6.07, 6.45) is 0. The van der Waals surface area contributed by atoms with E-state index in [9.17, 15) is 20.3 Å². The Kier molecular flexibility index (Phi) is 6.38. The Morgan fingerprint density at radius 2 is 1.33 bits per heavy atom. The van der Waals surface area contributed by atoms with Gasteiger partial charge in [-0.05, 0) is 57.3 Å². The molecule has 3 aromatic rings. The predicted molar refractivity (Wildman–Crippen MR) is 131 cm³/mol. The van der Waals surface area contributed by atoms with Crippen molar-refractivity contribution in [2.24, 2.45) is 0 Å². The fraction of sp³-hybridized carbons (Fsp3) is 0.310. The van der Waals surface area contributed by atoms with Gasteiger partial charge in [0.1, 0.15) is 11.5 Å². The third-order valence-electron chi connectivity index (χ3n) is 5.89. The van der Waals surface area contributed by atoms with Crippen LogP contribution >= 0.6 is 0 Å². The fourth-order valence-corrected chi connectivity index (χ4v) is 4.05. The van der Waals surface area contributed by atoms with E-state index in [1.165, 1.54) is 6.07 Å². The second kappa shape index (κ2) is 8.75. The molecule has 0 heterocycles. The van der Waals surface area contributed by atoms with Crippen molar-refractivity contribution in [1.29, 1.82) is 5.26 Å². The van der Waals surface area contributed by atoms with Gasteiger partial charge in [0.2, 0.25) is 0 Å². The summed E-state index contributed by atoms with van der Waals surface area (Å²) in [5.74, 6) is -0.795. The van der Waals surface area contributed by atoms with Crippen LogP contribution in [0.2, 0.25) is 0 Å². The summed E-state index contributed by atoms with van der Waals surface area (Å²) in [6.45, 7) is 12.2. The lowest BCUT2D eigenvalue weighted by molar-refractivity contribution is 0.0971. The number of hydrogen-bond acceptors (Lipinski definition) is 4. The zero-order valence-electron chi connectivity index (χ0n) is 20.1. The molecular weight excluding hydrogens is 410 g/mol. The van der Waals surface area contributed by atoms with Crippen molar-refractivity contribution in [2.45, 2.75) is 58.3 Å². The first-order valence-corrected chi connectivity index (χ1v) is 11.0. The van der Waals surface area contributed by atoms with E-state index in [1.807, 2.05) is 53.7 Å². The average molecular weight is 442 g/mol. The number of carbonyl (C=O) groups excluding carboxylic acids is 1. The number of nitriles is 1. The number of nitrogens with zero attached hydrogens (tertiary/aromatic N) is 1. The van der Waals surface area contributed by atoms with Gasteiger partial charge in [-0.2, -0.15) is 5.26 Å². The third-order valence-corrected chi connectivity index (χ3v) is 5.89. The molecule has 33 heavy (non-hydrogen) atoms. The van der Waals surface area contributed by atoms with Gasteiger partial charge in [-0.3, -0.25) is 4.79 Å². The second-order valence-corrected chi connectivity index (χ2v) is 10.5. The zero-order chi connectivity index (χ0) is 24.6. The molecular formula is C29H31NO3. The molecule has 0 amide bonds. The number of benzene rings is 3. The van der Waals surface area contributed by atoms with Crippen LogP contribution in [-0.4, -0.2) is 16.0 Å². The van der Waals surface area contributed by atoms with Crippen LogP contribution in [0.4, 0.5) is 0 Å². The van der Waals surface area contributed by atoms with E-state index in [1.54, 1.807) is 42.5 Å². The van der Waals surface area contributed by atoms with Crippen LogP contribution in [-0.2, 0) is 10.8 Å². The monoisotopic (exact) mass is 441 g/mol. The molecule has 2 N–H and O–H groups in total. The first-order valence-electron chi connectivity index (χ1n) is 11.0. The largest absolute Gasteiger partial charge is 0.507 e. The third kappa shape index (κ3) is 4.93. The molecule has 3 aromatic carbocycles. The van der Waals surface area contributed by atoms with Gasteiger partial charge < -0.3 is 10.2 Å². The second-order valence-electron chi connectivity index (χ2n) is 10.5. The summed E-state index contributed by atoms with van der Waals surface area (Å²) in [5.41, 5.74) is 3.00. The van der Waals surface area contributed by atoms with Gasteiger partial charge in [0.25, 0.3) is 0 Å². The Labute approximate surface area is 196 Å². The highest BCUT2D eigenvalue weighted by Gasteiger charge is 2.32. The highest BCUT2D eigenvalue weighted by Crippen LogP contribution is 2.43. The van der Waals surface area contributed by atoms with E-state index in [4.69, 9.17) is 0 Å². The number of Topliss-reactive ketones (excluding diaryl/α,β-unsaturated/α-hetero) is 1. The van der Waals surface area contributed by atoms with Crippen molar-refractivity contribution in [1.82, 2.24) is 0 Å². The van der Waals surface area contributed by atoms with Crippen molar-refractivity contribution in [3.8, 4) is 17.6 Å². The molecule has 0 bridgehead atoms. The lowest BCUT2D eigenvalue weighted by atomic mass is 9.75. The molecule has 0 radical (unpaired) electrons. The molecule has 0 saturated heterocycles. The number of rotatable bonds is 4. The van der Waals surface area contributed by atoms with E-state index >= 15 is 0 Å². The van der Waals surface area contributed by atoms with Gasteiger partial charge in [0.05, 0.1) is 23.1 Å². The zero-order valence-corrected chi connectivity index (χ0v) is 20.1. The van der Waals surface area contributed by atoms with Crippen LogP contribution in [0.5, 0.6) is 11.5 Å². The number of phenols is 2. The molecule has 4 heteroatoms. The minimum absolute atomic E-state index is 0.0768. The van der Waals surface area contributed by atoms with Crippen LogP contribution < -0.4 is 0 Å². The van der Waals surface area contributed by atoms with Crippen molar-refractivity contribution in [3.05, 3.63) is 94.0 Å². The van der Waals surface area contributed by atoms with E-state index in [-0.39, 0.29) is 33.7 Å². The number of ketones is 1. The minimum Gasteiger partial charge on any atom is -0.507 e. The Bertz CT molecular complexity index is 1180. The predicted octanol–water partition coefficient (Wildman–Crippen LogP) is 6.58. The highest BCUT2D eigenvalue weighted by atomic mass is 16.3. The molecule has 1 unspecified atom stereocenters. The van der Waals surface area contributed by atoms with Crippen LogP contribution in [0.3, 0.4) is 0 Å². The molecule has 0 saturated carbocycles. The molecule has 0 aliphatic heterocycles. The van der Waals surface area contributed by atoms with Crippen LogP contribution in [0.25, 0.3) is 0 Å². The standard InChI is InChI=1S/C29H31NO3/c1-28(2,3)22-15-20(16-23(27(22)33)29(4,5)6)25(19-13-11-18(17-30)12-14-19)26(32)21-9-7-8-10-24(21)31/h7-16,25,31,33H,1-6H3. The Morgan fingerprint density at radius 3 is 1.79 bits per heavy atom. The average Bonchev–Trinajstić information content (AvgIpc) is 2.74. The minimum atomic E-state index is -0.714. The maximum Gasteiger partial charge on any atom is 0.178 e. The van der Waals surface area contributed by atoms with E-state index in [0.29, 0.717) is 11.1 Å². The summed E-state index contributed by atoms with van der Waals surface area (Å²) < 4.78 is 0. The normalized spacial score (nSPS) is 12.8. The lowest BCUT2D eigenvalue weighted by Gasteiger charge is -2.30. The van der Waals surface area contributed by atoms with Crippen LogP contribution in [0.1, 0.15) is 85.6 Å². The molecule has 0 aliphatic rings. The number of hydrogen-bond donors (Lipinski definition) is 2. The Balaban J connectivity index is 2.34. The smallest absolute Gasteiger partial charge is 0.178 e. The van der Waals surface area contributed by atoms with Crippen molar-refractivity contribution >= 4 is 5.78 Å². The fourth-order valence-electron chi connectivity index (χ4n) is 4.05. The molecule has 3 rings (SSSR count). The molecule has 0 aliphatic carbocycles. The maximum absolute atomic E-state index is 13.8. The quantitative estimate of drug-likeness (QED) is 0.448. The van der Waals surface area contributed by atoms with Gasteiger partial charge in [-0.25, -0.2) is 0 Å². The summed E-state index contributed by atoms with van der Waals surface area (Å²) in [4.78, 5) is 13.8. The first-order chi connectivity index (χ1) is 15.3. The van der Waals surface area contributed by atoms with Gasteiger partial charge in [-0.15, -0.1) is 0 Å². The topological polar surface area (TPSA) is 81.3 Å². The molecule has 170 valence electrons. The van der Waals surface area contributed by atoms with Gasteiger partial charge in [-0.1, -0.05) is 77.9 Å².